The van der Waals surface area contributed by atoms with Crippen LogP contribution in [0.2, 0.25) is 0 Å². The second-order valence-corrected chi connectivity index (χ2v) is 6.70. The van der Waals surface area contributed by atoms with Crippen LogP contribution in [-0.2, 0) is 16.1 Å². The number of aromatic hydroxyl groups is 6. The van der Waals surface area contributed by atoms with Crippen molar-refractivity contribution in [1.29, 1.82) is 0 Å². The van der Waals surface area contributed by atoms with Crippen LogP contribution >= 0.6 is 0 Å². The van der Waals surface area contributed by atoms with Gasteiger partial charge in [0.15, 0.2) is 29.3 Å². The van der Waals surface area contributed by atoms with Crippen molar-refractivity contribution in [1.82, 2.24) is 0 Å². The number of aliphatic hydroxyl groups excluding tert-OH is 1. The standard InChI is InChI=1S/C18H18O9/c1-4-6-3-26-16(8(6)12(21)14(23)10(4)19)17-9-7(18(25)27-17)5(2)11(20)15(24)13(9)22/h16-25H,3H2,1-2H3/t16-,17+,18-/m1/s1. The van der Waals surface area contributed by atoms with Crippen LogP contribution in [0.3, 0.4) is 0 Å². The summed E-state index contributed by atoms with van der Waals surface area (Å²) in [6.45, 7) is 2.97. The smallest absolute Gasteiger partial charge is 0.200 e. The third-order valence-electron chi connectivity index (χ3n) is 5.36. The van der Waals surface area contributed by atoms with Crippen molar-refractivity contribution in [3.05, 3.63) is 33.4 Å². The fourth-order valence-electron chi connectivity index (χ4n) is 3.87. The highest BCUT2D eigenvalue weighted by atomic mass is 16.6. The van der Waals surface area contributed by atoms with Crippen LogP contribution in [0.4, 0.5) is 0 Å². The summed E-state index contributed by atoms with van der Waals surface area (Å²) in [6, 6.07) is 0. The molecule has 4 rings (SSSR count). The molecule has 0 saturated carbocycles. The normalized spacial score (nSPS) is 23.4. The van der Waals surface area contributed by atoms with E-state index in [2.05, 4.69) is 0 Å². The molecule has 144 valence electrons. The summed E-state index contributed by atoms with van der Waals surface area (Å²) in [5.41, 5.74) is 1.14. The van der Waals surface area contributed by atoms with Gasteiger partial charge < -0.3 is 45.2 Å². The molecular weight excluding hydrogens is 360 g/mol. The van der Waals surface area contributed by atoms with Gasteiger partial charge in [-0.15, -0.1) is 0 Å². The lowest BCUT2D eigenvalue weighted by molar-refractivity contribution is -0.161. The number of ether oxygens (including phenoxy) is 2. The van der Waals surface area contributed by atoms with Gasteiger partial charge in [-0.1, -0.05) is 0 Å². The summed E-state index contributed by atoms with van der Waals surface area (Å²) in [5.74, 6) is -3.80. The van der Waals surface area contributed by atoms with E-state index in [1.807, 2.05) is 0 Å². The first kappa shape index (κ1) is 17.5. The number of hydrogen-bond acceptors (Lipinski definition) is 9. The van der Waals surface area contributed by atoms with Crippen molar-refractivity contribution in [2.75, 3.05) is 0 Å². The Morgan fingerprint density at radius 1 is 0.667 bits per heavy atom. The lowest BCUT2D eigenvalue weighted by Crippen LogP contribution is -2.11. The molecule has 0 bridgehead atoms. The summed E-state index contributed by atoms with van der Waals surface area (Å²) >= 11 is 0. The summed E-state index contributed by atoms with van der Waals surface area (Å²) in [7, 11) is 0. The Morgan fingerprint density at radius 3 is 1.85 bits per heavy atom. The summed E-state index contributed by atoms with van der Waals surface area (Å²) in [4.78, 5) is 0. The molecule has 0 unspecified atom stereocenters. The fraction of sp³-hybridized carbons (Fsp3) is 0.333. The molecule has 2 aromatic carbocycles. The fourth-order valence-corrected chi connectivity index (χ4v) is 3.87. The van der Waals surface area contributed by atoms with Gasteiger partial charge in [0.2, 0.25) is 11.5 Å². The molecule has 0 spiro atoms. The molecule has 27 heavy (non-hydrogen) atoms. The minimum atomic E-state index is -1.51. The van der Waals surface area contributed by atoms with Crippen LogP contribution in [0.1, 0.15) is 51.9 Å². The zero-order chi connectivity index (χ0) is 19.8. The lowest BCUT2D eigenvalue weighted by atomic mass is 9.90. The van der Waals surface area contributed by atoms with Crippen molar-refractivity contribution >= 4 is 0 Å². The maximum absolute atomic E-state index is 10.3. The van der Waals surface area contributed by atoms with Crippen molar-refractivity contribution in [3.63, 3.8) is 0 Å². The predicted molar refractivity (Wildman–Crippen MR) is 88.7 cm³/mol. The van der Waals surface area contributed by atoms with Crippen LogP contribution in [0.15, 0.2) is 0 Å². The van der Waals surface area contributed by atoms with Gasteiger partial charge in [-0.05, 0) is 19.4 Å². The van der Waals surface area contributed by atoms with E-state index in [4.69, 9.17) is 9.47 Å². The number of rotatable bonds is 1. The highest BCUT2D eigenvalue weighted by molar-refractivity contribution is 5.66. The topological polar surface area (TPSA) is 160 Å². The monoisotopic (exact) mass is 378 g/mol. The molecule has 0 saturated heterocycles. The Morgan fingerprint density at radius 2 is 1.22 bits per heavy atom. The van der Waals surface area contributed by atoms with Crippen molar-refractivity contribution in [3.8, 4) is 34.5 Å². The van der Waals surface area contributed by atoms with E-state index in [9.17, 15) is 35.7 Å². The second-order valence-electron chi connectivity index (χ2n) is 6.70. The van der Waals surface area contributed by atoms with Gasteiger partial charge in [0.25, 0.3) is 0 Å². The van der Waals surface area contributed by atoms with Crippen molar-refractivity contribution in [2.45, 2.75) is 39.0 Å². The predicted octanol–water partition coefficient (Wildman–Crippen LogP) is 1.87. The molecule has 2 aromatic rings. The Hall–Kier alpha value is -2.88. The molecular formula is C18H18O9. The molecule has 0 aromatic heterocycles. The minimum Gasteiger partial charge on any atom is -0.504 e. The number of fused-ring (bicyclic) bond motifs is 2. The number of phenols is 6. The molecule has 2 aliphatic heterocycles. The average molecular weight is 378 g/mol. The zero-order valence-electron chi connectivity index (χ0n) is 14.4. The third kappa shape index (κ3) is 2.10. The largest absolute Gasteiger partial charge is 0.504 e. The molecule has 9 nitrogen and oxygen atoms in total. The Kier molecular flexibility index (Phi) is 3.61. The van der Waals surface area contributed by atoms with Gasteiger partial charge >= 0.3 is 0 Å². The summed E-state index contributed by atoms with van der Waals surface area (Å²) in [5, 5.41) is 70.7. The van der Waals surface area contributed by atoms with E-state index in [0.717, 1.165) is 0 Å². The van der Waals surface area contributed by atoms with Crippen LogP contribution in [0, 0.1) is 13.8 Å². The Bertz CT molecular complexity index is 982. The summed E-state index contributed by atoms with van der Waals surface area (Å²) in [6.07, 6.45) is -3.70. The van der Waals surface area contributed by atoms with Crippen LogP contribution in [-0.4, -0.2) is 35.7 Å². The third-order valence-corrected chi connectivity index (χ3v) is 5.36. The van der Waals surface area contributed by atoms with E-state index in [1.165, 1.54) is 6.92 Å². The number of phenolic OH excluding ortho intramolecular Hbond substituents is 6. The van der Waals surface area contributed by atoms with Crippen LogP contribution in [0.25, 0.3) is 0 Å². The molecule has 9 heteroatoms. The van der Waals surface area contributed by atoms with E-state index < -0.39 is 53.0 Å². The first-order valence-corrected chi connectivity index (χ1v) is 8.15. The second kappa shape index (κ2) is 5.56. The SMILES string of the molecule is Cc1c(O)c(O)c(O)c2c1CO[C@H]2[C@H]1O[C@@H](O)c2c(C)c(O)c(O)c(O)c21. The zero-order valence-corrected chi connectivity index (χ0v) is 14.4. The highest BCUT2D eigenvalue weighted by Crippen LogP contribution is 2.60. The highest BCUT2D eigenvalue weighted by Gasteiger charge is 2.47. The van der Waals surface area contributed by atoms with Gasteiger partial charge in [0.1, 0.15) is 12.2 Å². The maximum atomic E-state index is 10.3. The Labute approximate surface area is 152 Å². The van der Waals surface area contributed by atoms with Crippen LogP contribution in [0.5, 0.6) is 34.5 Å². The molecule has 2 aliphatic rings. The van der Waals surface area contributed by atoms with Crippen molar-refractivity contribution < 1.29 is 45.2 Å². The van der Waals surface area contributed by atoms with Crippen molar-refractivity contribution in [2.24, 2.45) is 0 Å². The Balaban J connectivity index is 1.92. The average Bonchev–Trinajstić information content (AvgIpc) is 3.22. The van der Waals surface area contributed by atoms with Gasteiger partial charge in [-0.2, -0.15) is 0 Å². The molecule has 0 radical (unpaired) electrons. The number of hydrogen-bond donors (Lipinski definition) is 7. The lowest BCUT2D eigenvalue weighted by Gasteiger charge is -2.22. The molecule has 3 atom stereocenters. The molecule has 0 fully saturated rings. The van der Waals surface area contributed by atoms with E-state index in [0.29, 0.717) is 11.1 Å². The first-order chi connectivity index (χ1) is 12.7. The molecule has 2 heterocycles. The van der Waals surface area contributed by atoms with Crippen LogP contribution < -0.4 is 0 Å². The minimum absolute atomic E-state index is 0.0116. The van der Waals surface area contributed by atoms with E-state index >= 15 is 0 Å². The molecule has 0 aliphatic carbocycles. The first-order valence-electron chi connectivity index (χ1n) is 8.15. The number of aliphatic hydroxyl groups is 1. The van der Waals surface area contributed by atoms with Gasteiger partial charge in [-0.3, -0.25) is 0 Å². The molecule has 0 amide bonds. The summed E-state index contributed by atoms with van der Waals surface area (Å²) < 4.78 is 11.2. The van der Waals surface area contributed by atoms with Gasteiger partial charge in [0.05, 0.1) is 6.61 Å². The number of benzene rings is 2. The van der Waals surface area contributed by atoms with E-state index in [-0.39, 0.29) is 28.9 Å². The van der Waals surface area contributed by atoms with E-state index in [1.54, 1.807) is 6.92 Å². The molecule has 7 N–H and O–H groups in total. The quantitative estimate of drug-likeness (QED) is 0.367. The van der Waals surface area contributed by atoms with Gasteiger partial charge in [-0.25, -0.2) is 0 Å². The maximum Gasteiger partial charge on any atom is 0.200 e. The van der Waals surface area contributed by atoms with Gasteiger partial charge in [0, 0.05) is 27.8 Å².